The summed E-state index contributed by atoms with van der Waals surface area (Å²) in [7, 11) is 0. The van der Waals surface area contributed by atoms with Gasteiger partial charge in [0.2, 0.25) is 0 Å². The Morgan fingerprint density at radius 3 is 0.949 bits per heavy atom. The zero-order chi connectivity index (χ0) is 73.0. The number of Topliss-reactive ketones (excluding diaryl/α,β-unsaturated/α-hetero) is 2. The van der Waals surface area contributed by atoms with Crippen LogP contribution in [0, 0.1) is 0 Å². The van der Waals surface area contributed by atoms with Gasteiger partial charge in [0.1, 0.15) is 82.4 Å². The van der Waals surface area contributed by atoms with Gasteiger partial charge in [0.15, 0.2) is 0 Å². The van der Waals surface area contributed by atoms with Crippen molar-refractivity contribution in [2.24, 2.45) is 9.98 Å². The SMILES string of the molecule is CC(=O)CC(C(=O)OC(C)(C)C)N(CCCCCCCCCCCCN(C(=O)OCc1ccc(OC(=O)c2ccc(N=C(C)NC(=O)OC(C)(C)C)cc2)cc1)C(CC(C)=O)C(=O)OC(C)(C)C)C(=O)OCc1ccc(OC(=O)c2ccc(N=C(C)NC(=O)OC(C)(C)C)cc2)cc1. The topological polar surface area (TPSA) is 300 Å². The molecule has 0 aliphatic carbocycles. The number of amidine groups is 2. The third-order valence-electron chi connectivity index (χ3n) is 13.7. The van der Waals surface area contributed by atoms with Gasteiger partial charge in [-0.1, -0.05) is 75.6 Å². The standard InChI is InChI=1S/C74H100N6O18/c1-49(81)45-61(65(85)95-71(5,6)7)79(69(89)91-47-53-27-39-59(40-28-53)93-63(83)55-31-35-57(36-32-55)75-51(3)77-67(87)97-73(11,12)13)43-25-23-21-19-17-18-20-22-24-26-44-80(62(46-50(2)82)66(86)96-72(8,9)10)70(90)92-48-54-29-41-60(42-30-54)94-64(84)56-33-37-58(38-34-56)76-52(4)78-68(88)98-74(14,15)16/h27-42,61-62H,17-26,43-48H2,1-16H3,(H,75,77,87)(H,76,78,88). The summed E-state index contributed by atoms with van der Waals surface area (Å²) < 4.78 is 44.5. The Kier molecular flexibility index (Phi) is 31.8. The molecule has 2 atom stereocenters. The first-order valence-electron chi connectivity index (χ1n) is 33.1. The number of nitrogens with zero attached hydrogens (tertiary/aromatic N) is 4. The summed E-state index contributed by atoms with van der Waals surface area (Å²) in [6.07, 6.45) is 4.36. The van der Waals surface area contributed by atoms with Crippen LogP contribution in [0.1, 0.15) is 220 Å². The predicted molar refractivity (Wildman–Crippen MR) is 370 cm³/mol. The largest absolute Gasteiger partial charge is 0.458 e. The molecular formula is C74H100N6O18. The van der Waals surface area contributed by atoms with Crippen molar-refractivity contribution in [1.29, 1.82) is 0 Å². The number of rotatable bonds is 31. The fourth-order valence-corrected chi connectivity index (χ4v) is 9.44. The van der Waals surface area contributed by atoms with Crippen molar-refractivity contribution in [2.45, 2.75) is 236 Å². The maximum atomic E-state index is 13.9. The van der Waals surface area contributed by atoms with Gasteiger partial charge in [-0.05, 0) is 208 Å². The van der Waals surface area contributed by atoms with E-state index in [1.807, 2.05) is 0 Å². The number of amides is 4. The number of aliphatic imine (C=N–C) groups is 2. The molecular weight excluding hydrogens is 1260 g/mol. The molecule has 98 heavy (non-hydrogen) atoms. The number of esters is 4. The summed E-state index contributed by atoms with van der Waals surface area (Å²) in [6, 6.07) is 22.8. The molecule has 0 spiro atoms. The quantitative estimate of drug-likeness (QED) is 0.0118. The molecule has 2 N–H and O–H groups in total. The number of alkyl carbamates (subject to hydrolysis) is 2. The van der Waals surface area contributed by atoms with Gasteiger partial charge in [0.25, 0.3) is 0 Å². The van der Waals surface area contributed by atoms with Gasteiger partial charge in [0, 0.05) is 25.9 Å². The summed E-state index contributed by atoms with van der Waals surface area (Å²) in [6.45, 7) is 26.5. The molecule has 0 saturated carbocycles. The Morgan fingerprint density at radius 2 is 0.673 bits per heavy atom. The molecule has 0 aliphatic heterocycles. The molecule has 0 fully saturated rings. The lowest BCUT2D eigenvalue weighted by atomic mass is 10.0. The number of carbonyl (C=O) groups is 10. The maximum absolute atomic E-state index is 13.9. The Morgan fingerprint density at radius 1 is 0.388 bits per heavy atom. The van der Waals surface area contributed by atoms with E-state index in [-0.39, 0.29) is 73.3 Å². The van der Waals surface area contributed by atoms with Gasteiger partial charge < -0.3 is 37.9 Å². The maximum Gasteiger partial charge on any atom is 0.413 e. The van der Waals surface area contributed by atoms with E-state index in [1.165, 1.54) is 47.9 Å². The second-order valence-electron chi connectivity index (χ2n) is 27.8. The minimum atomic E-state index is -1.23. The van der Waals surface area contributed by atoms with E-state index in [9.17, 15) is 47.9 Å². The average Bonchev–Trinajstić information content (AvgIpc) is 0.857. The van der Waals surface area contributed by atoms with Crippen LogP contribution in [0.5, 0.6) is 11.5 Å². The van der Waals surface area contributed by atoms with Crippen molar-refractivity contribution in [3.8, 4) is 11.5 Å². The Bertz CT molecular complexity index is 3170. The molecule has 24 heteroatoms. The van der Waals surface area contributed by atoms with Crippen LogP contribution in [-0.4, -0.2) is 129 Å². The third kappa shape index (κ3) is 32.5. The fourth-order valence-electron chi connectivity index (χ4n) is 9.44. The lowest BCUT2D eigenvalue weighted by Gasteiger charge is -2.31. The first-order valence-corrected chi connectivity index (χ1v) is 33.1. The van der Waals surface area contributed by atoms with Crippen molar-refractivity contribution >= 4 is 82.9 Å². The Hall–Kier alpha value is -9.48. The molecule has 0 aliphatic rings. The Balaban J connectivity index is 1.27. The van der Waals surface area contributed by atoms with Crippen LogP contribution >= 0.6 is 0 Å². The lowest BCUT2D eigenvalue weighted by molar-refractivity contribution is -0.162. The molecule has 4 aromatic rings. The lowest BCUT2D eigenvalue weighted by Crippen LogP contribution is -2.49. The molecule has 4 rings (SSSR count). The molecule has 24 nitrogen and oxygen atoms in total. The van der Waals surface area contributed by atoms with Gasteiger partial charge in [-0.3, -0.25) is 30.0 Å². The monoisotopic (exact) mass is 1360 g/mol. The van der Waals surface area contributed by atoms with Crippen LogP contribution in [0.15, 0.2) is 107 Å². The first-order chi connectivity index (χ1) is 45.8. The molecule has 0 heterocycles. The van der Waals surface area contributed by atoms with Gasteiger partial charge in [-0.25, -0.2) is 48.3 Å². The van der Waals surface area contributed by atoms with Crippen LogP contribution in [0.3, 0.4) is 0 Å². The van der Waals surface area contributed by atoms with E-state index in [1.54, 1.807) is 170 Å². The highest BCUT2D eigenvalue weighted by molar-refractivity contribution is 5.97. The molecule has 0 bridgehead atoms. The average molecular weight is 1360 g/mol. The van der Waals surface area contributed by atoms with Crippen molar-refractivity contribution in [2.75, 3.05) is 13.1 Å². The van der Waals surface area contributed by atoms with Gasteiger partial charge in [-0.2, -0.15) is 0 Å². The number of carbonyl (C=O) groups excluding carboxylic acids is 10. The smallest absolute Gasteiger partial charge is 0.413 e. The summed E-state index contributed by atoms with van der Waals surface area (Å²) in [4.78, 5) is 142. The number of unbranched alkanes of at least 4 members (excludes halogenated alkanes) is 9. The molecule has 0 saturated heterocycles. The zero-order valence-electron chi connectivity index (χ0n) is 59.8. The van der Waals surface area contributed by atoms with E-state index in [4.69, 9.17) is 37.9 Å². The normalized spacial score (nSPS) is 12.6. The highest BCUT2D eigenvalue weighted by Crippen LogP contribution is 2.25. The fraction of sp³-hybridized carbons (Fsp3) is 0.514. The number of ketones is 2. The van der Waals surface area contributed by atoms with E-state index in [0.717, 1.165) is 51.4 Å². The number of hydrogen-bond donors (Lipinski definition) is 2. The van der Waals surface area contributed by atoms with Crippen LogP contribution < -0.4 is 20.1 Å². The summed E-state index contributed by atoms with van der Waals surface area (Å²) in [5.41, 5.74) is -0.548. The van der Waals surface area contributed by atoms with E-state index < -0.39 is 82.7 Å². The van der Waals surface area contributed by atoms with Crippen LogP contribution in [0.2, 0.25) is 0 Å². The molecule has 0 radical (unpaired) electrons. The third-order valence-corrected chi connectivity index (χ3v) is 13.7. The second kappa shape index (κ2) is 38.5. The number of ether oxygens (including phenoxy) is 8. The van der Waals surface area contributed by atoms with E-state index in [0.29, 0.717) is 47.0 Å². The number of hydrogen-bond acceptors (Lipinski definition) is 20. The molecule has 4 amide bonds. The molecule has 4 aromatic carbocycles. The van der Waals surface area contributed by atoms with Crippen molar-refractivity contribution < 1.29 is 85.8 Å². The minimum Gasteiger partial charge on any atom is -0.458 e. The van der Waals surface area contributed by atoms with Gasteiger partial charge in [0.05, 0.1) is 22.5 Å². The Labute approximate surface area is 576 Å². The van der Waals surface area contributed by atoms with Crippen molar-refractivity contribution in [3.05, 3.63) is 119 Å². The summed E-state index contributed by atoms with van der Waals surface area (Å²) in [5, 5.41) is 5.11. The van der Waals surface area contributed by atoms with Crippen LogP contribution in [0.4, 0.5) is 30.6 Å². The second-order valence-corrected chi connectivity index (χ2v) is 27.8. The highest BCUT2D eigenvalue weighted by atomic mass is 16.6. The van der Waals surface area contributed by atoms with Crippen molar-refractivity contribution in [1.82, 2.24) is 20.4 Å². The number of benzene rings is 4. The van der Waals surface area contributed by atoms with Gasteiger partial charge in [-0.15, -0.1) is 0 Å². The predicted octanol–water partition coefficient (Wildman–Crippen LogP) is 15.1. The summed E-state index contributed by atoms with van der Waals surface area (Å²) >= 11 is 0. The highest BCUT2D eigenvalue weighted by Gasteiger charge is 2.37. The number of nitrogens with one attached hydrogen (secondary N) is 2. The zero-order valence-corrected chi connectivity index (χ0v) is 59.8. The van der Waals surface area contributed by atoms with Gasteiger partial charge >= 0.3 is 48.3 Å². The molecule has 534 valence electrons. The van der Waals surface area contributed by atoms with Crippen LogP contribution in [-0.2, 0) is 60.8 Å². The van der Waals surface area contributed by atoms with E-state index >= 15 is 0 Å². The first kappa shape index (κ1) is 81.0. The molecule has 0 aromatic heterocycles. The van der Waals surface area contributed by atoms with Crippen LogP contribution in [0.25, 0.3) is 0 Å². The molecule has 2 unspecified atom stereocenters. The summed E-state index contributed by atoms with van der Waals surface area (Å²) in [5.74, 6) is -2.27. The van der Waals surface area contributed by atoms with Crippen molar-refractivity contribution in [3.63, 3.8) is 0 Å². The minimum absolute atomic E-state index is 0.120. The van der Waals surface area contributed by atoms with E-state index in [2.05, 4.69) is 20.6 Å².